The number of aliphatic hydroxyl groups is 1. The first-order valence-corrected chi connectivity index (χ1v) is 11.0. The fraction of sp³-hybridized carbons (Fsp3) is 0.269. The van der Waals surface area contributed by atoms with Crippen molar-refractivity contribution < 1.29 is 14.6 Å². The first kappa shape index (κ1) is 22.2. The molecule has 1 aromatic heterocycles. The van der Waals surface area contributed by atoms with E-state index >= 15 is 0 Å². The van der Waals surface area contributed by atoms with Gasteiger partial charge in [-0.1, -0.05) is 53.6 Å². The summed E-state index contributed by atoms with van der Waals surface area (Å²) in [7, 11) is 0. The van der Waals surface area contributed by atoms with Gasteiger partial charge in [0, 0.05) is 0 Å². The molecule has 0 aliphatic carbocycles. The lowest BCUT2D eigenvalue weighted by molar-refractivity contribution is 0.0918. The van der Waals surface area contributed by atoms with E-state index in [2.05, 4.69) is 19.1 Å². The van der Waals surface area contributed by atoms with Crippen molar-refractivity contribution in [2.45, 2.75) is 40.0 Å². The van der Waals surface area contributed by atoms with Gasteiger partial charge in [-0.25, -0.2) is 4.98 Å². The van der Waals surface area contributed by atoms with Crippen LogP contribution in [0.15, 0.2) is 60.7 Å². The van der Waals surface area contributed by atoms with Gasteiger partial charge in [-0.05, 0) is 56.2 Å². The molecule has 166 valence electrons. The highest BCUT2D eigenvalue weighted by molar-refractivity contribution is 6.32. The zero-order valence-electron chi connectivity index (χ0n) is 18.5. The van der Waals surface area contributed by atoms with E-state index < -0.39 is 6.10 Å². The van der Waals surface area contributed by atoms with E-state index in [0.717, 1.165) is 33.7 Å². The van der Waals surface area contributed by atoms with Crippen LogP contribution >= 0.6 is 11.6 Å². The molecule has 0 aliphatic rings. The Morgan fingerprint density at radius 2 is 1.66 bits per heavy atom. The number of imidazole rings is 1. The second kappa shape index (κ2) is 9.63. The molecule has 4 rings (SSSR count). The number of ether oxygens (including phenoxy) is 2. The summed E-state index contributed by atoms with van der Waals surface area (Å²) in [4.78, 5) is 4.76. The summed E-state index contributed by atoms with van der Waals surface area (Å²) in [6.07, 6.45) is -0.745. The number of hydrogen-bond donors (Lipinski definition) is 1. The van der Waals surface area contributed by atoms with Crippen LogP contribution < -0.4 is 9.47 Å². The van der Waals surface area contributed by atoms with Gasteiger partial charge in [-0.3, -0.25) is 0 Å². The summed E-state index contributed by atoms with van der Waals surface area (Å²) in [5, 5.41) is 11.2. The molecule has 6 heteroatoms. The van der Waals surface area contributed by atoms with Crippen molar-refractivity contribution in [3.63, 3.8) is 0 Å². The first-order chi connectivity index (χ1) is 15.4. The van der Waals surface area contributed by atoms with E-state index in [0.29, 0.717) is 23.9 Å². The predicted molar refractivity (Wildman–Crippen MR) is 128 cm³/mol. The zero-order valence-corrected chi connectivity index (χ0v) is 19.3. The molecule has 0 radical (unpaired) electrons. The fourth-order valence-corrected chi connectivity index (χ4v) is 4.17. The number of aliphatic hydroxyl groups excluding tert-OH is 1. The smallest absolute Gasteiger partial charge is 0.148 e. The van der Waals surface area contributed by atoms with Crippen molar-refractivity contribution in [2.24, 2.45) is 0 Å². The number of fused-ring (bicyclic) bond motifs is 1. The van der Waals surface area contributed by atoms with E-state index in [4.69, 9.17) is 26.1 Å². The highest BCUT2D eigenvalue weighted by Crippen LogP contribution is 2.27. The van der Waals surface area contributed by atoms with Crippen LogP contribution in [0.4, 0.5) is 0 Å². The van der Waals surface area contributed by atoms with E-state index in [1.54, 1.807) is 12.1 Å². The molecule has 0 fully saturated rings. The Kier molecular flexibility index (Phi) is 6.68. The summed E-state index contributed by atoms with van der Waals surface area (Å²) in [6, 6.07) is 19.3. The van der Waals surface area contributed by atoms with E-state index in [9.17, 15) is 5.11 Å². The standard InChI is InChI=1S/C26H27ClN2O3/c1-17-12-18(2)26(19(3)13-17)32-16-25-28-22-9-5-6-10-23(22)29(25)14-20(30)15-31-24-11-7-4-8-21(24)27/h4-13,20,30H,14-16H2,1-3H3. The SMILES string of the molecule is Cc1cc(C)c(OCc2nc3ccccc3n2CC(O)COc2ccccc2Cl)c(C)c1. The summed E-state index contributed by atoms with van der Waals surface area (Å²) in [5.74, 6) is 2.18. The van der Waals surface area contributed by atoms with Gasteiger partial charge in [-0.2, -0.15) is 0 Å². The van der Waals surface area contributed by atoms with Crippen molar-refractivity contribution >= 4 is 22.6 Å². The number of aromatic nitrogens is 2. The van der Waals surface area contributed by atoms with Crippen LogP contribution in [0.2, 0.25) is 5.02 Å². The number of nitrogens with zero attached hydrogens (tertiary/aromatic N) is 2. The molecular formula is C26H27ClN2O3. The van der Waals surface area contributed by atoms with Crippen molar-refractivity contribution in [3.05, 3.63) is 88.2 Å². The molecule has 0 bridgehead atoms. The van der Waals surface area contributed by atoms with Crippen LogP contribution in [0.1, 0.15) is 22.5 Å². The van der Waals surface area contributed by atoms with Gasteiger partial charge in [-0.15, -0.1) is 0 Å². The van der Waals surface area contributed by atoms with Crippen LogP contribution in [-0.4, -0.2) is 27.4 Å². The Hall–Kier alpha value is -3.02. The number of aryl methyl sites for hydroxylation is 3. The maximum Gasteiger partial charge on any atom is 0.148 e. The van der Waals surface area contributed by atoms with Gasteiger partial charge >= 0.3 is 0 Å². The third-order valence-electron chi connectivity index (χ3n) is 5.35. The molecule has 1 atom stereocenters. The summed E-state index contributed by atoms with van der Waals surface area (Å²) < 4.78 is 13.9. The second-order valence-corrected chi connectivity index (χ2v) is 8.45. The molecule has 5 nitrogen and oxygen atoms in total. The maximum absolute atomic E-state index is 10.7. The molecule has 1 unspecified atom stereocenters. The maximum atomic E-state index is 10.7. The third kappa shape index (κ3) is 4.90. The normalized spacial score (nSPS) is 12.2. The quantitative estimate of drug-likeness (QED) is 0.377. The number of rotatable bonds is 8. The highest BCUT2D eigenvalue weighted by Gasteiger charge is 2.16. The second-order valence-electron chi connectivity index (χ2n) is 8.04. The highest BCUT2D eigenvalue weighted by atomic mass is 35.5. The summed E-state index contributed by atoms with van der Waals surface area (Å²) in [5.41, 5.74) is 5.21. The Morgan fingerprint density at radius 3 is 2.41 bits per heavy atom. The molecule has 4 aromatic rings. The fourth-order valence-electron chi connectivity index (χ4n) is 3.98. The molecule has 3 aromatic carbocycles. The van der Waals surface area contributed by atoms with Crippen LogP contribution in [-0.2, 0) is 13.2 Å². The number of hydrogen-bond acceptors (Lipinski definition) is 4. The summed E-state index contributed by atoms with van der Waals surface area (Å²) in [6.45, 7) is 6.93. The Morgan fingerprint density at radius 1 is 0.969 bits per heavy atom. The number of halogens is 1. The molecule has 0 amide bonds. The molecule has 1 heterocycles. The van der Waals surface area contributed by atoms with E-state index in [1.165, 1.54) is 5.56 Å². The molecular weight excluding hydrogens is 424 g/mol. The van der Waals surface area contributed by atoms with Gasteiger partial charge in [0.1, 0.15) is 36.6 Å². The average Bonchev–Trinajstić information content (AvgIpc) is 3.10. The Bertz CT molecular complexity index is 1210. The summed E-state index contributed by atoms with van der Waals surface area (Å²) >= 11 is 6.15. The monoisotopic (exact) mass is 450 g/mol. The van der Waals surface area contributed by atoms with Gasteiger partial charge in [0.15, 0.2) is 0 Å². The van der Waals surface area contributed by atoms with Crippen LogP contribution in [0.3, 0.4) is 0 Å². The minimum atomic E-state index is -0.745. The molecule has 0 saturated carbocycles. The predicted octanol–water partition coefficient (Wildman–Crippen LogP) is 5.63. The van der Waals surface area contributed by atoms with Gasteiger partial charge < -0.3 is 19.1 Å². The molecule has 0 spiro atoms. The first-order valence-electron chi connectivity index (χ1n) is 10.6. The van der Waals surface area contributed by atoms with Crippen molar-refractivity contribution in [1.82, 2.24) is 9.55 Å². The molecule has 32 heavy (non-hydrogen) atoms. The number of benzene rings is 3. The zero-order chi connectivity index (χ0) is 22.7. The average molecular weight is 451 g/mol. The van der Waals surface area contributed by atoms with E-state index in [-0.39, 0.29) is 6.61 Å². The Labute approximate surface area is 193 Å². The van der Waals surface area contributed by atoms with Crippen LogP contribution in [0.25, 0.3) is 11.0 Å². The largest absolute Gasteiger partial charge is 0.489 e. The van der Waals surface area contributed by atoms with Gasteiger partial charge in [0.25, 0.3) is 0 Å². The minimum absolute atomic E-state index is 0.118. The minimum Gasteiger partial charge on any atom is -0.489 e. The van der Waals surface area contributed by atoms with Crippen LogP contribution in [0.5, 0.6) is 11.5 Å². The third-order valence-corrected chi connectivity index (χ3v) is 5.66. The van der Waals surface area contributed by atoms with Crippen molar-refractivity contribution in [2.75, 3.05) is 6.61 Å². The lowest BCUT2D eigenvalue weighted by Gasteiger charge is -2.17. The topological polar surface area (TPSA) is 56.5 Å². The lowest BCUT2D eigenvalue weighted by Crippen LogP contribution is -2.25. The lowest BCUT2D eigenvalue weighted by atomic mass is 10.1. The molecule has 0 saturated heterocycles. The van der Waals surface area contributed by atoms with Gasteiger partial charge in [0.05, 0.1) is 22.6 Å². The van der Waals surface area contributed by atoms with Gasteiger partial charge in [0.2, 0.25) is 0 Å². The Balaban J connectivity index is 1.53. The van der Waals surface area contributed by atoms with Crippen molar-refractivity contribution in [1.29, 1.82) is 0 Å². The van der Waals surface area contributed by atoms with Crippen LogP contribution in [0, 0.1) is 20.8 Å². The van der Waals surface area contributed by atoms with Crippen molar-refractivity contribution in [3.8, 4) is 11.5 Å². The molecule has 1 N–H and O–H groups in total. The number of para-hydroxylation sites is 3. The van der Waals surface area contributed by atoms with E-state index in [1.807, 2.05) is 54.8 Å². The molecule has 0 aliphatic heterocycles.